The highest BCUT2D eigenvalue weighted by Crippen LogP contribution is 2.36. The Hall–Kier alpha value is -2.20. The summed E-state index contributed by atoms with van der Waals surface area (Å²) in [6.45, 7) is 0. The molecule has 1 aromatic heterocycles. The third kappa shape index (κ3) is 3.77. The summed E-state index contributed by atoms with van der Waals surface area (Å²) in [6.07, 6.45) is 2.08. The first-order chi connectivity index (χ1) is 11.0. The van der Waals surface area contributed by atoms with Gasteiger partial charge in [0, 0.05) is 11.8 Å². The zero-order chi connectivity index (χ0) is 16.4. The van der Waals surface area contributed by atoms with E-state index in [-0.39, 0.29) is 22.4 Å². The Morgan fingerprint density at radius 1 is 1.52 bits per heavy atom. The Balaban J connectivity index is 1.60. The molecule has 0 saturated heterocycles. The van der Waals surface area contributed by atoms with Gasteiger partial charge >= 0.3 is 0 Å². The van der Waals surface area contributed by atoms with Crippen LogP contribution in [0.15, 0.2) is 23.4 Å². The van der Waals surface area contributed by atoms with Crippen LogP contribution in [0.3, 0.4) is 0 Å². The first-order valence-corrected chi connectivity index (χ1v) is 8.05. The number of anilines is 1. The second kappa shape index (κ2) is 6.50. The van der Waals surface area contributed by atoms with Gasteiger partial charge in [0.15, 0.2) is 0 Å². The summed E-state index contributed by atoms with van der Waals surface area (Å²) in [5, 5.41) is 25.4. The molecule has 1 amide bonds. The van der Waals surface area contributed by atoms with Crippen molar-refractivity contribution in [2.75, 3.05) is 11.1 Å². The van der Waals surface area contributed by atoms with Crippen LogP contribution in [-0.2, 0) is 4.79 Å². The summed E-state index contributed by atoms with van der Waals surface area (Å²) in [5.74, 6) is -0.208. The van der Waals surface area contributed by atoms with Crippen LogP contribution in [0.4, 0.5) is 11.4 Å². The lowest BCUT2D eigenvalue weighted by molar-refractivity contribution is -0.384. The quantitative estimate of drug-likeness (QED) is 0.480. The van der Waals surface area contributed by atoms with Crippen molar-refractivity contribution < 1.29 is 9.72 Å². The van der Waals surface area contributed by atoms with Crippen LogP contribution in [-0.4, -0.2) is 36.8 Å². The number of aromatic nitrogens is 4. The van der Waals surface area contributed by atoms with E-state index in [9.17, 15) is 14.9 Å². The molecule has 1 saturated carbocycles. The van der Waals surface area contributed by atoms with Gasteiger partial charge in [0.05, 0.1) is 16.7 Å². The number of carbonyl (C=O) groups is 1. The molecule has 1 heterocycles. The van der Waals surface area contributed by atoms with Gasteiger partial charge in [-0.3, -0.25) is 14.9 Å². The number of tetrazole rings is 1. The van der Waals surface area contributed by atoms with E-state index in [1.165, 1.54) is 30.0 Å². The van der Waals surface area contributed by atoms with Gasteiger partial charge in [-0.2, -0.15) is 0 Å². The molecule has 0 atom stereocenters. The Labute approximate surface area is 139 Å². The number of benzene rings is 1. The molecule has 2 aromatic rings. The van der Waals surface area contributed by atoms with Crippen LogP contribution < -0.4 is 5.32 Å². The standard InChI is InChI=1S/C12H11ClN6O3S/c13-9-4-1-7(5-10(9)19(21)22)14-11(20)6-23-12-15-16-17-18(12)8-2-3-8/h1,4-5,8H,2-3,6H2,(H,14,20). The van der Waals surface area contributed by atoms with E-state index < -0.39 is 4.92 Å². The number of rotatable bonds is 6. The molecular formula is C12H11ClN6O3S. The van der Waals surface area contributed by atoms with Crippen molar-refractivity contribution in [3.63, 3.8) is 0 Å². The van der Waals surface area contributed by atoms with Gasteiger partial charge < -0.3 is 5.32 Å². The Morgan fingerprint density at radius 2 is 2.30 bits per heavy atom. The second-order valence-electron chi connectivity index (χ2n) is 4.90. The number of nitrogens with one attached hydrogen (secondary N) is 1. The van der Waals surface area contributed by atoms with Crippen molar-refractivity contribution in [2.45, 2.75) is 24.0 Å². The second-order valence-corrected chi connectivity index (χ2v) is 6.25. The first kappa shape index (κ1) is 15.7. The highest BCUT2D eigenvalue weighted by Gasteiger charge is 2.28. The average molecular weight is 355 g/mol. The molecule has 1 aromatic carbocycles. The maximum absolute atomic E-state index is 12.0. The van der Waals surface area contributed by atoms with E-state index in [4.69, 9.17) is 11.6 Å². The monoisotopic (exact) mass is 354 g/mol. The highest BCUT2D eigenvalue weighted by molar-refractivity contribution is 7.99. The van der Waals surface area contributed by atoms with Crippen molar-refractivity contribution in [1.82, 2.24) is 20.2 Å². The normalized spacial score (nSPS) is 13.8. The number of hydrogen-bond acceptors (Lipinski definition) is 7. The molecule has 0 radical (unpaired) electrons. The van der Waals surface area contributed by atoms with E-state index in [2.05, 4.69) is 20.8 Å². The minimum Gasteiger partial charge on any atom is -0.325 e. The fraction of sp³-hybridized carbons (Fsp3) is 0.333. The SMILES string of the molecule is O=C(CSc1nnnn1C1CC1)Nc1ccc(Cl)c([N+](=O)[O-])c1. The van der Waals surface area contributed by atoms with Crippen LogP contribution in [0.5, 0.6) is 0 Å². The number of hydrogen-bond donors (Lipinski definition) is 1. The molecule has 9 nitrogen and oxygen atoms in total. The van der Waals surface area contributed by atoms with E-state index in [0.717, 1.165) is 12.8 Å². The third-order valence-corrected chi connectivity index (χ3v) is 4.37. The Bertz CT molecular complexity index is 763. The summed E-state index contributed by atoms with van der Waals surface area (Å²) in [5.41, 5.74) is 0.0586. The van der Waals surface area contributed by atoms with Gasteiger partial charge in [-0.25, -0.2) is 4.68 Å². The molecule has 3 rings (SSSR count). The minimum atomic E-state index is -0.601. The molecular weight excluding hydrogens is 344 g/mol. The van der Waals surface area contributed by atoms with Gasteiger partial charge in [-0.05, 0) is 35.4 Å². The number of nitrogens with zero attached hydrogens (tertiary/aromatic N) is 5. The third-order valence-electron chi connectivity index (χ3n) is 3.11. The molecule has 0 aliphatic heterocycles. The van der Waals surface area contributed by atoms with E-state index in [1.54, 1.807) is 4.68 Å². The molecule has 11 heteroatoms. The van der Waals surface area contributed by atoms with Crippen molar-refractivity contribution >= 4 is 40.6 Å². The van der Waals surface area contributed by atoms with Crippen LogP contribution in [0.1, 0.15) is 18.9 Å². The summed E-state index contributed by atoms with van der Waals surface area (Å²) >= 11 is 6.94. The molecule has 120 valence electrons. The van der Waals surface area contributed by atoms with Gasteiger partial charge in [0.25, 0.3) is 5.69 Å². The molecule has 1 N–H and O–H groups in total. The molecule has 1 aliphatic carbocycles. The number of amides is 1. The van der Waals surface area contributed by atoms with E-state index >= 15 is 0 Å². The van der Waals surface area contributed by atoms with E-state index in [0.29, 0.717) is 16.9 Å². The van der Waals surface area contributed by atoms with Gasteiger partial charge in [0.1, 0.15) is 5.02 Å². The van der Waals surface area contributed by atoms with Crippen LogP contribution in [0.2, 0.25) is 5.02 Å². The predicted molar refractivity (Wildman–Crippen MR) is 83.5 cm³/mol. The number of nitro benzene ring substituents is 1. The summed E-state index contributed by atoms with van der Waals surface area (Å²) in [4.78, 5) is 22.2. The lowest BCUT2D eigenvalue weighted by atomic mass is 10.3. The van der Waals surface area contributed by atoms with Crippen molar-refractivity contribution in [3.8, 4) is 0 Å². The fourth-order valence-electron chi connectivity index (χ4n) is 1.89. The predicted octanol–water partition coefficient (Wildman–Crippen LogP) is 2.30. The van der Waals surface area contributed by atoms with E-state index in [1.807, 2.05) is 0 Å². The lowest BCUT2D eigenvalue weighted by Crippen LogP contribution is -2.14. The number of carbonyl (C=O) groups excluding carboxylic acids is 1. The molecule has 0 bridgehead atoms. The van der Waals surface area contributed by atoms with Crippen molar-refractivity contribution in [3.05, 3.63) is 33.3 Å². The Kier molecular flexibility index (Phi) is 4.44. The Morgan fingerprint density at radius 3 is 3.00 bits per heavy atom. The lowest BCUT2D eigenvalue weighted by Gasteiger charge is -2.05. The van der Waals surface area contributed by atoms with Crippen molar-refractivity contribution in [2.24, 2.45) is 0 Å². The number of halogens is 1. The summed E-state index contributed by atoms with van der Waals surface area (Å²) in [7, 11) is 0. The number of nitro groups is 1. The van der Waals surface area contributed by atoms with Crippen molar-refractivity contribution in [1.29, 1.82) is 0 Å². The zero-order valence-corrected chi connectivity index (χ0v) is 13.3. The van der Waals surface area contributed by atoms with Crippen LogP contribution >= 0.6 is 23.4 Å². The van der Waals surface area contributed by atoms with Crippen LogP contribution in [0.25, 0.3) is 0 Å². The highest BCUT2D eigenvalue weighted by atomic mass is 35.5. The average Bonchev–Trinajstić information content (AvgIpc) is 3.25. The first-order valence-electron chi connectivity index (χ1n) is 6.69. The molecule has 23 heavy (non-hydrogen) atoms. The topological polar surface area (TPSA) is 116 Å². The number of thioether (sulfide) groups is 1. The fourth-order valence-corrected chi connectivity index (χ4v) is 2.82. The largest absolute Gasteiger partial charge is 0.325 e. The summed E-state index contributed by atoms with van der Waals surface area (Å²) in [6, 6.07) is 4.43. The maximum Gasteiger partial charge on any atom is 0.289 e. The van der Waals surface area contributed by atoms with Gasteiger partial charge in [-0.1, -0.05) is 23.4 Å². The van der Waals surface area contributed by atoms with Gasteiger partial charge in [0.2, 0.25) is 11.1 Å². The minimum absolute atomic E-state index is 0.0194. The van der Waals surface area contributed by atoms with Crippen LogP contribution in [0, 0.1) is 10.1 Å². The zero-order valence-electron chi connectivity index (χ0n) is 11.7. The van der Waals surface area contributed by atoms with Gasteiger partial charge in [-0.15, -0.1) is 5.10 Å². The molecule has 1 aliphatic rings. The molecule has 0 unspecified atom stereocenters. The molecule has 0 spiro atoms. The smallest absolute Gasteiger partial charge is 0.289 e. The maximum atomic E-state index is 12.0. The molecule has 1 fully saturated rings. The summed E-state index contributed by atoms with van der Waals surface area (Å²) < 4.78 is 1.71.